The van der Waals surface area contributed by atoms with Crippen LogP contribution < -0.4 is 35.4 Å². The number of imidazole rings is 1. The maximum absolute atomic E-state index is 14.6. The van der Waals surface area contributed by atoms with E-state index in [4.69, 9.17) is 19.3 Å². The molecule has 0 aliphatic carbocycles. The number of rotatable bonds is 22. The number of aliphatic hydroxyl groups is 1. The molecule has 428 valence electrons. The molecule has 6 aliphatic heterocycles. The number of nitrogens with zero attached hydrogens (tertiary/aromatic N) is 7. The summed E-state index contributed by atoms with van der Waals surface area (Å²) in [6.45, 7) is 4.98. The van der Waals surface area contributed by atoms with Crippen molar-refractivity contribution in [1.82, 2.24) is 34.3 Å². The second-order valence-electron chi connectivity index (χ2n) is 21.3. The Balaban J connectivity index is 0.653. The number of phosphoric acid groups is 3. The zero-order valence-electron chi connectivity index (χ0n) is 44.4. The van der Waals surface area contributed by atoms with E-state index in [-0.39, 0.29) is 18.2 Å². The van der Waals surface area contributed by atoms with E-state index < -0.39 is 48.5 Å². The largest absolute Gasteiger partial charge is 0.490 e. The summed E-state index contributed by atoms with van der Waals surface area (Å²) in [4.78, 5) is 81.7. The molecule has 2 unspecified atom stereocenters. The lowest BCUT2D eigenvalue weighted by Crippen LogP contribution is -2.45. The van der Waals surface area contributed by atoms with E-state index in [0.717, 1.165) is 137 Å². The van der Waals surface area contributed by atoms with Crippen LogP contribution in [0.25, 0.3) is 16.7 Å². The first kappa shape index (κ1) is 56.4. The number of ether oxygens (including phenoxy) is 2. The van der Waals surface area contributed by atoms with Crippen LogP contribution in [-0.4, -0.2) is 133 Å². The van der Waals surface area contributed by atoms with Crippen LogP contribution in [0.15, 0.2) is 49.1 Å². The Morgan fingerprint density at radius 1 is 0.838 bits per heavy atom. The molecule has 5 aromatic rings. The van der Waals surface area contributed by atoms with Gasteiger partial charge in [0, 0.05) is 104 Å². The monoisotopic (exact) mass is 1160 g/mol. The van der Waals surface area contributed by atoms with Gasteiger partial charge in [0.05, 0.1) is 24.6 Å². The first-order valence-electron chi connectivity index (χ1n) is 27.5. The lowest BCUT2D eigenvalue weighted by Gasteiger charge is -2.39. The molecule has 1 saturated heterocycles. The molecule has 2 aromatic heterocycles. The molecular weight excluding hydrogens is 1100 g/mol. The quantitative estimate of drug-likeness (QED) is 0.0270. The van der Waals surface area contributed by atoms with Gasteiger partial charge in [-0.05, 0) is 87.1 Å². The molecule has 6 aliphatic rings. The van der Waals surface area contributed by atoms with Crippen LogP contribution >= 0.6 is 23.5 Å². The summed E-state index contributed by atoms with van der Waals surface area (Å²) >= 11 is 0. The zero-order chi connectivity index (χ0) is 55.9. The highest BCUT2D eigenvalue weighted by molar-refractivity contribution is 7.66. The molecule has 0 spiro atoms. The fraction of sp³-hybridized carbons (Fsp3) is 0.509. The van der Waals surface area contributed by atoms with Crippen molar-refractivity contribution in [3.8, 4) is 11.5 Å². The van der Waals surface area contributed by atoms with Crippen molar-refractivity contribution in [3.63, 3.8) is 0 Å². The minimum atomic E-state index is -5.71. The van der Waals surface area contributed by atoms with Gasteiger partial charge < -0.3 is 54.6 Å². The van der Waals surface area contributed by atoms with E-state index in [1.54, 1.807) is 4.90 Å². The molecule has 3 aromatic carbocycles. The van der Waals surface area contributed by atoms with Gasteiger partial charge in [-0.2, -0.15) is 8.62 Å². The van der Waals surface area contributed by atoms with Crippen LogP contribution in [0.3, 0.4) is 0 Å². The Morgan fingerprint density at radius 2 is 1.59 bits per heavy atom. The summed E-state index contributed by atoms with van der Waals surface area (Å²) in [6.07, 6.45) is 12.0. The molecule has 11 rings (SSSR count). The molecule has 27 heteroatoms. The zero-order valence-corrected chi connectivity index (χ0v) is 47.1. The smallest absolute Gasteiger partial charge is 0.455 e. The molecule has 7 N–H and O–H groups in total. The van der Waals surface area contributed by atoms with Crippen molar-refractivity contribution in [3.05, 3.63) is 98.6 Å². The van der Waals surface area contributed by atoms with Gasteiger partial charge in [0.15, 0.2) is 17.0 Å². The van der Waals surface area contributed by atoms with Crippen molar-refractivity contribution in [2.24, 2.45) is 0 Å². The van der Waals surface area contributed by atoms with Gasteiger partial charge >= 0.3 is 23.5 Å². The van der Waals surface area contributed by atoms with Gasteiger partial charge in [-0.25, -0.2) is 33.2 Å². The van der Waals surface area contributed by atoms with Gasteiger partial charge in [-0.1, -0.05) is 31.0 Å². The summed E-state index contributed by atoms with van der Waals surface area (Å²) in [5, 5.41) is 19.4. The maximum Gasteiger partial charge on any atom is 0.490 e. The number of amides is 2. The number of nitrogens with one attached hydrogen (secondary N) is 2. The van der Waals surface area contributed by atoms with Crippen LogP contribution in [-0.2, 0) is 62.1 Å². The summed E-state index contributed by atoms with van der Waals surface area (Å²) in [5.74, 6) is 2.25. The van der Waals surface area contributed by atoms with Crippen LogP contribution in [0.2, 0.25) is 0 Å². The number of fused-ring (bicyclic) bond motifs is 5. The number of anilines is 2. The van der Waals surface area contributed by atoms with Crippen molar-refractivity contribution >= 4 is 63.5 Å². The number of carbonyl (C=O) groups excluding carboxylic acids is 2. The van der Waals surface area contributed by atoms with Crippen LogP contribution in [0.5, 0.6) is 11.5 Å². The second kappa shape index (κ2) is 23.4. The number of phosphoric ester groups is 1. The Bertz CT molecular complexity index is 3520. The molecule has 2 amide bonds. The molecule has 5 atom stereocenters. The third-order valence-corrected chi connectivity index (χ3v) is 19.6. The lowest BCUT2D eigenvalue weighted by atomic mass is 9.81. The Labute approximate surface area is 461 Å². The average Bonchev–Trinajstić information content (AvgIpc) is 4.17. The Kier molecular flexibility index (Phi) is 16.5. The predicted octanol–water partition coefficient (Wildman–Crippen LogP) is 4.89. The van der Waals surface area contributed by atoms with Crippen molar-refractivity contribution < 1.29 is 70.6 Å². The molecule has 8 heterocycles. The summed E-state index contributed by atoms with van der Waals surface area (Å²) < 4.78 is 64.0. The van der Waals surface area contributed by atoms with Crippen LogP contribution in [0.4, 0.5) is 11.5 Å². The Morgan fingerprint density at radius 3 is 2.40 bits per heavy atom. The van der Waals surface area contributed by atoms with Gasteiger partial charge in [-0.3, -0.25) is 18.7 Å². The van der Waals surface area contributed by atoms with Crippen molar-refractivity contribution in [2.75, 3.05) is 69.7 Å². The molecule has 0 radical (unpaired) electrons. The third kappa shape index (κ3) is 12.1. The fourth-order valence-electron chi connectivity index (χ4n) is 12.3. The van der Waals surface area contributed by atoms with Crippen LogP contribution in [0, 0.1) is 0 Å². The molecule has 0 saturated carbocycles. The first-order valence-corrected chi connectivity index (χ1v) is 32.0. The lowest BCUT2D eigenvalue weighted by molar-refractivity contribution is -0.121. The summed E-state index contributed by atoms with van der Waals surface area (Å²) in [7, 11) is -14.9. The number of unbranched alkanes of at least 4 members (excludes halogenated alkanes) is 3. The van der Waals surface area contributed by atoms with E-state index in [2.05, 4.69) is 66.4 Å². The number of aliphatic hydroxyl groups excluding tert-OH is 1. The molecule has 0 bridgehead atoms. The topological polar surface area (TPSA) is 310 Å². The third-order valence-electron chi connectivity index (χ3n) is 15.8. The standard InChI is InChI=1S/C53H66N9O15P3/c1-59(53(65)36-16-5-4-15-35(36)45-39-27-33-13-8-23-60-25-10-17-37(47(33)60)49(39)75-50-38-18-11-26-61-24-9-14-34(48(38)61)28-40(45)50)22-12-19-43(64)54-20-6-2-3-7-21-55-51-46-52(57-31-56-51)62(32-58-46)44-29-41(63)42(74-44)30-73-79(69,70)77-80(71,72)76-78(66,67)68/h4-5,15-16,27-28,31-32,41-42,44,63H,2-3,6-14,17-26,29-30H2,1H3,(H5-,54,55,56,57,64,66,67,68,69,70,71,72)/p+1/t41-,42+,44+/m0/s1. The normalized spacial score (nSPS) is 20.7. The molecule has 1 fully saturated rings. The number of benzene rings is 3. The first-order chi connectivity index (χ1) is 38.4. The number of aromatic nitrogens is 4. The predicted molar refractivity (Wildman–Crippen MR) is 293 cm³/mol. The van der Waals surface area contributed by atoms with Crippen molar-refractivity contribution in [2.45, 2.75) is 115 Å². The number of hydrogen-bond donors (Lipinski definition) is 7. The number of hydrogen-bond acceptors (Lipinski definition) is 16. The average molecular weight is 1160 g/mol. The van der Waals surface area contributed by atoms with E-state index in [9.17, 15) is 38.2 Å². The SMILES string of the molecule is CN(CCCC(=O)NCCCCCCNc1ncnc2c1ncn2[C@H]1C[C@H](O)[C@@H](COP(=O)(O)OP(=O)(O)OP(=O)(O)O)O1)C(=O)c1ccccc1C1=c2cc3c4c(c2Oc2c1cc1c5c2CCCN5CCC1)CCC[N+]=4CCC3. The van der Waals surface area contributed by atoms with E-state index in [1.807, 2.05) is 25.2 Å². The van der Waals surface area contributed by atoms with E-state index in [1.165, 1.54) is 50.5 Å². The minimum absolute atomic E-state index is 0.0257. The van der Waals surface area contributed by atoms with Crippen LogP contribution in [0.1, 0.15) is 121 Å². The highest BCUT2D eigenvalue weighted by atomic mass is 31.3. The highest BCUT2D eigenvalue weighted by Gasteiger charge is 2.44. The molecule has 80 heavy (non-hydrogen) atoms. The van der Waals surface area contributed by atoms with Gasteiger partial charge in [0.1, 0.15) is 43.2 Å². The summed E-state index contributed by atoms with van der Waals surface area (Å²) in [5.41, 5.74) is 11.2. The second-order valence-corrected chi connectivity index (χ2v) is 25.7. The van der Waals surface area contributed by atoms with Crippen molar-refractivity contribution in [1.29, 1.82) is 0 Å². The molecular formula is C53H67N9O15P3+. The Hall–Kier alpha value is -5.45. The maximum atomic E-state index is 14.6. The summed E-state index contributed by atoms with van der Waals surface area (Å²) in [6, 6.07) is 12.8. The highest BCUT2D eigenvalue weighted by Crippen LogP contribution is 2.66. The van der Waals surface area contributed by atoms with Gasteiger partial charge in [0.2, 0.25) is 11.3 Å². The fourth-order valence-corrected chi connectivity index (χ4v) is 15.3. The number of aryl methyl sites for hydroxylation is 2. The van der Waals surface area contributed by atoms with Gasteiger partial charge in [0.25, 0.3) is 5.91 Å². The number of carbonyl (C=O) groups is 2. The van der Waals surface area contributed by atoms with Gasteiger partial charge in [-0.15, -0.1) is 0 Å². The van der Waals surface area contributed by atoms with E-state index in [0.29, 0.717) is 55.0 Å². The molecule has 24 nitrogen and oxygen atoms in total. The minimum Gasteiger partial charge on any atom is -0.455 e. The van der Waals surface area contributed by atoms with E-state index >= 15 is 0 Å².